The molecule has 2 aliphatic rings. The largest absolute Gasteiger partial charge is 0.490 e. The minimum absolute atomic E-state index is 0.0810. The van der Waals surface area contributed by atoms with Crippen LogP contribution in [0.25, 0.3) is 10.1 Å². The van der Waals surface area contributed by atoms with E-state index in [1.807, 2.05) is 43.3 Å². The molecule has 2 fully saturated rings. The van der Waals surface area contributed by atoms with E-state index in [0.717, 1.165) is 53.4 Å². The van der Waals surface area contributed by atoms with E-state index < -0.39 is 27.9 Å². The summed E-state index contributed by atoms with van der Waals surface area (Å²) in [6.07, 6.45) is 0.349. The van der Waals surface area contributed by atoms with Crippen LogP contribution in [0.1, 0.15) is 59.3 Å². The molecule has 1 aliphatic heterocycles. The van der Waals surface area contributed by atoms with Crippen LogP contribution in [-0.4, -0.2) is 98.0 Å². The van der Waals surface area contributed by atoms with Crippen LogP contribution in [-0.2, 0) is 26.2 Å². The van der Waals surface area contributed by atoms with E-state index in [0.29, 0.717) is 50.3 Å². The molecule has 16 heteroatoms. The van der Waals surface area contributed by atoms with Crippen LogP contribution >= 0.6 is 11.3 Å². The summed E-state index contributed by atoms with van der Waals surface area (Å²) in [7, 11) is -1.96. The standard InChI is InChI=1S/C32H43N5O4S2.C2HF3O2/c1-24-12-13-26-23-29(42-28(26)21-24)30(38)35-32(14-6-7-15-32)31(39)34-27(22-25-9-4-3-5-10-25)11-8-16-36-17-19-37(20-18-36)43(40,41)33-2;3-2(4,5)1(6)7/h3-5,9-10,12-13,21,23,27,33H,6-8,11,14-20,22H2,1-2H3,(H,34,39)(H,35,38);(H,6,7)/t27-;/m0./s1. The van der Waals surface area contributed by atoms with Gasteiger partial charge in [-0.15, -0.1) is 11.3 Å². The normalized spacial score (nSPS) is 17.5. The van der Waals surface area contributed by atoms with Crippen LogP contribution in [0.15, 0.2) is 54.6 Å². The van der Waals surface area contributed by atoms with Gasteiger partial charge in [-0.25, -0.2) is 9.52 Å². The molecule has 2 aromatic carbocycles. The first kappa shape index (κ1) is 39.2. The molecule has 50 heavy (non-hydrogen) atoms. The maximum atomic E-state index is 14.0. The highest BCUT2D eigenvalue weighted by molar-refractivity contribution is 7.87. The Kier molecular flexibility index (Phi) is 13.4. The number of carboxylic acids is 1. The van der Waals surface area contributed by atoms with Crippen molar-refractivity contribution < 1.29 is 41.1 Å². The van der Waals surface area contributed by atoms with Gasteiger partial charge >= 0.3 is 12.1 Å². The van der Waals surface area contributed by atoms with E-state index in [2.05, 4.69) is 38.5 Å². The summed E-state index contributed by atoms with van der Waals surface area (Å²) in [5.74, 6) is -3.04. The second kappa shape index (κ2) is 17.1. The molecule has 1 saturated carbocycles. The van der Waals surface area contributed by atoms with Gasteiger partial charge in [-0.2, -0.15) is 25.9 Å². The van der Waals surface area contributed by atoms with Crippen molar-refractivity contribution in [2.24, 2.45) is 0 Å². The number of alkyl halides is 3. The number of nitrogens with one attached hydrogen (secondary N) is 3. The van der Waals surface area contributed by atoms with Crippen molar-refractivity contribution in [1.29, 1.82) is 0 Å². The van der Waals surface area contributed by atoms with Crippen molar-refractivity contribution in [3.8, 4) is 0 Å². The minimum Gasteiger partial charge on any atom is -0.475 e. The van der Waals surface area contributed by atoms with Gasteiger partial charge in [-0.1, -0.05) is 55.3 Å². The number of fused-ring (bicyclic) bond motifs is 1. The molecule has 4 N–H and O–H groups in total. The summed E-state index contributed by atoms with van der Waals surface area (Å²) in [6, 6.07) is 18.2. The molecular formula is C34H44F3N5O6S2. The topological polar surface area (TPSA) is 148 Å². The highest BCUT2D eigenvalue weighted by Gasteiger charge is 2.43. The maximum absolute atomic E-state index is 14.0. The Bertz CT molecular complexity index is 1720. The van der Waals surface area contributed by atoms with Crippen LogP contribution in [0.3, 0.4) is 0 Å². The Morgan fingerprint density at radius 1 is 1.00 bits per heavy atom. The predicted octanol–water partition coefficient (Wildman–Crippen LogP) is 4.48. The molecule has 0 spiro atoms. The molecular weight excluding hydrogens is 696 g/mol. The first-order chi connectivity index (χ1) is 23.6. The Morgan fingerprint density at radius 2 is 1.64 bits per heavy atom. The highest BCUT2D eigenvalue weighted by atomic mass is 32.2. The molecule has 2 heterocycles. The van der Waals surface area contributed by atoms with Crippen molar-refractivity contribution in [1.82, 2.24) is 24.6 Å². The van der Waals surface area contributed by atoms with Crippen molar-refractivity contribution in [3.05, 3.63) is 70.6 Å². The van der Waals surface area contributed by atoms with Gasteiger partial charge < -0.3 is 20.6 Å². The molecule has 0 bridgehead atoms. The van der Waals surface area contributed by atoms with E-state index in [4.69, 9.17) is 9.90 Å². The van der Waals surface area contributed by atoms with Crippen LogP contribution in [0.4, 0.5) is 13.2 Å². The Hall–Kier alpha value is -3.57. The Labute approximate surface area is 294 Å². The molecule has 0 radical (unpaired) electrons. The first-order valence-corrected chi connectivity index (χ1v) is 18.8. The Morgan fingerprint density at radius 3 is 2.24 bits per heavy atom. The minimum atomic E-state index is -5.08. The second-order valence-corrected chi connectivity index (χ2v) is 15.6. The number of amides is 2. The van der Waals surface area contributed by atoms with Gasteiger partial charge in [0.15, 0.2) is 0 Å². The van der Waals surface area contributed by atoms with Gasteiger partial charge in [-0.3, -0.25) is 9.59 Å². The maximum Gasteiger partial charge on any atom is 0.490 e. The summed E-state index contributed by atoms with van der Waals surface area (Å²) < 4.78 is 60.9. The molecule has 2 amide bonds. The van der Waals surface area contributed by atoms with Crippen molar-refractivity contribution in [2.45, 2.75) is 69.6 Å². The number of halogens is 3. The molecule has 274 valence electrons. The number of hydrogen-bond donors (Lipinski definition) is 4. The van der Waals surface area contributed by atoms with E-state index in [-0.39, 0.29) is 17.9 Å². The van der Waals surface area contributed by atoms with Gasteiger partial charge in [0, 0.05) is 44.0 Å². The lowest BCUT2D eigenvalue weighted by Gasteiger charge is -2.34. The highest BCUT2D eigenvalue weighted by Crippen LogP contribution is 2.32. The number of rotatable bonds is 12. The van der Waals surface area contributed by atoms with E-state index >= 15 is 0 Å². The molecule has 0 unspecified atom stereocenters. The van der Waals surface area contributed by atoms with Gasteiger partial charge in [-0.05, 0) is 74.2 Å². The van der Waals surface area contributed by atoms with Crippen LogP contribution in [0.5, 0.6) is 0 Å². The fraction of sp³-hybridized carbons (Fsp3) is 0.500. The van der Waals surface area contributed by atoms with Crippen molar-refractivity contribution >= 4 is 49.4 Å². The lowest BCUT2D eigenvalue weighted by atomic mass is 9.94. The molecule has 5 rings (SSSR count). The second-order valence-electron chi connectivity index (χ2n) is 12.7. The summed E-state index contributed by atoms with van der Waals surface area (Å²) >= 11 is 1.47. The zero-order valence-corrected chi connectivity index (χ0v) is 29.7. The van der Waals surface area contributed by atoms with Crippen LogP contribution in [0, 0.1) is 6.92 Å². The zero-order valence-electron chi connectivity index (χ0n) is 28.1. The molecule has 1 atom stereocenters. The number of nitrogens with zero attached hydrogens (tertiary/aromatic N) is 2. The number of carbonyl (C=O) groups is 3. The van der Waals surface area contributed by atoms with E-state index in [9.17, 15) is 31.2 Å². The number of carboxylic acid groups (broad SMARTS) is 1. The van der Waals surface area contributed by atoms with Crippen LogP contribution < -0.4 is 15.4 Å². The summed E-state index contributed by atoms with van der Waals surface area (Å²) in [5.41, 5.74) is 1.40. The van der Waals surface area contributed by atoms with Crippen LogP contribution in [0.2, 0.25) is 0 Å². The monoisotopic (exact) mass is 739 g/mol. The molecule has 1 aromatic heterocycles. The fourth-order valence-electron chi connectivity index (χ4n) is 6.25. The number of thiophene rings is 1. The lowest BCUT2D eigenvalue weighted by Crippen LogP contribution is -2.59. The first-order valence-electron chi connectivity index (χ1n) is 16.5. The third-order valence-corrected chi connectivity index (χ3v) is 11.7. The SMILES string of the molecule is CNS(=O)(=O)N1CCN(CCC[C@@H](Cc2ccccc2)NC(=O)C2(NC(=O)c3cc4ccc(C)cc4s3)CCCC2)CC1.O=C(O)C(F)(F)F. The third kappa shape index (κ3) is 10.7. The summed E-state index contributed by atoms with van der Waals surface area (Å²) in [4.78, 5) is 39.2. The van der Waals surface area contributed by atoms with Gasteiger partial charge in [0.1, 0.15) is 5.54 Å². The molecule has 3 aromatic rings. The average Bonchev–Trinajstić information content (AvgIpc) is 3.73. The summed E-state index contributed by atoms with van der Waals surface area (Å²) in [5, 5.41) is 14.7. The molecule has 1 aliphatic carbocycles. The quantitative estimate of drug-likeness (QED) is 0.214. The number of aryl methyl sites for hydroxylation is 1. The number of piperazine rings is 1. The number of benzene rings is 2. The number of hydrogen-bond acceptors (Lipinski definition) is 7. The van der Waals surface area contributed by atoms with E-state index in [1.165, 1.54) is 22.7 Å². The smallest absolute Gasteiger partial charge is 0.475 e. The third-order valence-electron chi connectivity index (χ3n) is 9.00. The number of aliphatic carboxylic acids is 1. The molecule has 11 nitrogen and oxygen atoms in total. The summed E-state index contributed by atoms with van der Waals surface area (Å²) in [6.45, 7) is 5.18. The Balaban J connectivity index is 0.000000727. The van der Waals surface area contributed by atoms with Gasteiger partial charge in [0.25, 0.3) is 16.1 Å². The fourth-order valence-corrected chi connectivity index (χ4v) is 8.21. The predicted molar refractivity (Wildman–Crippen MR) is 186 cm³/mol. The van der Waals surface area contributed by atoms with Gasteiger partial charge in [0.2, 0.25) is 5.91 Å². The molecule has 1 saturated heterocycles. The van der Waals surface area contributed by atoms with Crippen molar-refractivity contribution in [2.75, 3.05) is 39.8 Å². The van der Waals surface area contributed by atoms with Crippen molar-refractivity contribution in [3.63, 3.8) is 0 Å². The number of carbonyl (C=O) groups excluding carboxylic acids is 2. The average molecular weight is 740 g/mol. The lowest BCUT2D eigenvalue weighted by molar-refractivity contribution is -0.192. The van der Waals surface area contributed by atoms with E-state index in [1.54, 1.807) is 0 Å². The zero-order chi connectivity index (χ0) is 36.5. The van der Waals surface area contributed by atoms with Gasteiger partial charge in [0.05, 0.1) is 4.88 Å².